The van der Waals surface area contributed by atoms with Gasteiger partial charge in [0.05, 0.1) is 32.0 Å². The van der Waals surface area contributed by atoms with E-state index < -0.39 is 11.3 Å². The first-order valence-corrected chi connectivity index (χ1v) is 7.59. The van der Waals surface area contributed by atoms with E-state index in [0.717, 1.165) is 11.1 Å². The lowest BCUT2D eigenvalue weighted by Crippen LogP contribution is -2.24. The maximum Gasteiger partial charge on any atom is 0.309 e. The first-order valence-electron chi connectivity index (χ1n) is 6.53. The number of carbonyl (C=O) groups is 1. The number of esters is 1. The van der Waals surface area contributed by atoms with Crippen LogP contribution in [0.4, 0.5) is 5.69 Å². The van der Waals surface area contributed by atoms with Crippen LogP contribution in [-0.4, -0.2) is 26.8 Å². The van der Waals surface area contributed by atoms with Crippen LogP contribution in [-0.2, 0) is 33.8 Å². The second-order valence-corrected chi connectivity index (χ2v) is 5.45. The maximum absolute atomic E-state index is 11.5. The molecule has 116 valence electrons. The molecule has 7 heteroatoms. The van der Waals surface area contributed by atoms with Crippen molar-refractivity contribution in [2.75, 3.05) is 11.4 Å². The summed E-state index contributed by atoms with van der Waals surface area (Å²) in [5.41, 5.74) is 2.15. The molecule has 0 saturated carbocycles. The monoisotopic (exact) mass is 320 g/mol. The Morgan fingerprint density at radius 3 is 2.73 bits per heavy atom. The number of aromatic nitrogens is 1. The van der Waals surface area contributed by atoms with Crippen molar-refractivity contribution in [2.45, 2.75) is 13.0 Å². The molecule has 0 radical (unpaired) electrons. The van der Waals surface area contributed by atoms with Crippen molar-refractivity contribution in [1.29, 1.82) is 0 Å². The van der Waals surface area contributed by atoms with Crippen molar-refractivity contribution in [2.24, 2.45) is 0 Å². The van der Waals surface area contributed by atoms with Crippen LogP contribution in [0.15, 0.2) is 48.8 Å². The molecule has 2 aromatic rings. The minimum Gasteiger partial charge on any atom is -0.469 e. The summed E-state index contributed by atoms with van der Waals surface area (Å²) in [6.07, 6.45) is 3.28. The van der Waals surface area contributed by atoms with Crippen LogP contribution < -0.4 is 4.31 Å². The zero-order valence-electron chi connectivity index (χ0n) is 12.0. The van der Waals surface area contributed by atoms with Crippen LogP contribution in [0, 0.1) is 0 Å². The zero-order valence-corrected chi connectivity index (χ0v) is 12.8. The molecule has 2 rings (SSSR count). The Labute approximate surface area is 131 Å². The molecule has 1 aromatic carbocycles. The zero-order chi connectivity index (χ0) is 15.9. The minimum atomic E-state index is -2.17. The number of hydrogen-bond donors (Lipinski definition) is 1. The van der Waals surface area contributed by atoms with Crippen molar-refractivity contribution in [1.82, 2.24) is 4.98 Å². The first kappa shape index (κ1) is 16.1. The topological polar surface area (TPSA) is 79.7 Å². The Hall–Kier alpha value is -2.25. The molecule has 1 unspecified atom stereocenters. The highest BCUT2D eigenvalue weighted by molar-refractivity contribution is 7.80. The predicted octanol–water partition coefficient (Wildman–Crippen LogP) is 1.94. The molecule has 0 aliphatic carbocycles. The lowest BCUT2D eigenvalue weighted by Gasteiger charge is -2.19. The van der Waals surface area contributed by atoms with Gasteiger partial charge in [-0.2, -0.15) is 0 Å². The predicted molar refractivity (Wildman–Crippen MR) is 83.4 cm³/mol. The summed E-state index contributed by atoms with van der Waals surface area (Å²) < 4.78 is 27.0. The number of hydrogen-bond acceptors (Lipinski definition) is 4. The van der Waals surface area contributed by atoms with Crippen LogP contribution in [0.2, 0.25) is 0 Å². The summed E-state index contributed by atoms with van der Waals surface area (Å²) in [6.45, 7) is 0.226. The van der Waals surface area contributed by atoms with Gasteiger partial charge in [0.25, 0.3) is 11.3 Å². The summed E-state index contributed by atoms with van der Waals surface area (Å²) in [5, 5.41) is 0. The summed E-state index contributed by atoms with van der Waals surface area (Å²) in [5.74, 6) is -0.327. The van der Waals surface area contributed by atoms with Gasteiger partial charge < -0.3 is 4.74 Å². The fraction of sp³-hybridized carbons (Fsp3) is 0.200. The summed E-state index contributed by atoms with van der Waals surface area (Å²) >= 11 is -2.17. The van der Waals surface area contributed by atoms with Gasteiger partial charge in [0.1, 0.15) is 0 Å². The van der Waals surface area contributed by atoms with Gasteiger partial charge in [-0.05, 0) is 23.3 Å². The Balaban J connectivity index is 2.19. The Morgan fingerprint density at radius 1 is 1.32 bits per heavy atom. The van der Waals surface area contributed by atoms with Gasteiger partial charge >= 0.3 is 5.97 Å². The number of carbonyl (C=O) groups excluding carboxylic acids is 1. The van der Waals surface area contributed by atoms with E-state index in [9.17, 15) is 13.6 Å². The van der Waals surface area contributed by atoms with E-state index in [1.165, 1.54) is 17.6 Å². The smallest absolute Gasteiger partial charge is 0.309 e. The van der Waals surface area contributed by atoms with Crippen LogP contribution >= 0.6 is 0 Å². The number of nitrogens with zero attached hydrogens (tertiary/aromatic N) is 2. The van der Waals surface area contributed by atoms with Gasteiger partial charge in [0.2, 0.25) is 0 Å². The number of anilines is 1. The van der Waals surface area contributed by atoms with Gasteiger partial charge in [-0.3, -0.25) is 18.6 Å². The molecule has 22 heavy (non-hydrogen) atoms. The third kappa shape index (κ3) is 4.37. The summed E-state index contributed by atoms with van der Waals surface area (Å²) in [4.78, 5) is 15.3. The van der Waals surface area contributed by atoms with Crippen LogP contribution in [0.1, 0.15) is 11.1 Å². The molecule has 1 aromatic heterocycles. The van der Waals surface area contributed by atoms with E-state index in [1.54, 1.807) is 24.4 Å². The van der Waals surface area contributed by atoms with Crippen LogP contribution in [0.3, 0.4) is 0 Å². The fourth-order valence-electron chi connectivity index (χ4n) is 1.98. The lowest BCUT2D eigenvalue weighted by molar-refractivity contribution is -0.139. The van der Waals surface area contributed by atoms with Gasteiger partial charge in [0, 0.05) is 6.20 Å². The van der Waals surface area contributed by atoms with Crippen molar-refractivity contribution in [3.63, 3.8) is 0 Å². The average Bonchev–Trinajstić information content (AvgIpc) is 2.53. The van der Waals surface area contributed by atoms with Crippen molar-refractivity contribution >= 4 is 22.9 Å². The Bertz CT molecular complexity index is 664. The standard InChI is InChI=1S/C15H16N2O4S/c1-21-15(18)9-12-4-2-5-13(8-12)11-17(22(19)20)14-6-3-7-16-10-14/h2-8,10H,9,11H2,1H3,(H,19,20). The fourth-order valence-corrected chi connectivity index (χ4v) is 2.53. The molecule has 0 bridgehead atoms. The second-order valence-electron chi connectivity index (χ2n) is 4.55. The van der Waals surface area contributed by atoms with E-state index in [4.69, 9.17) is 0 Å². The molecule has 0 aliphatic rings. The van der Waals surface area contributed by atoms with Gasteiger partial charge in [-0.25, -0.2) is 4.21 Å². The normalized spacial score (nSPS) is 11.7. The first-order chi connectivity index (χ1) is 10.6. The van der Waals surface area contributed by atoms with Gasteiger partial charge in [0.15, 0.2) is 0 Å². The SMILES string of the molecule is COC(=O)Cc1cccc(CN(c2cccnc2)S(=O)O)c1. The van der Waals surface area contributed by atoms with Crippen molar-refractivity contribution < 1.29 is 18.3 Å². The molecule has 0 saturated heterocycles. The van der Waals surface area contributed by atoms with E-state index in [2.05, 4.69) is 9.72 Å². The molecule has 0 spiro atoms. The van der Waals surface area contributed by atoms with Crippen molar-refractivity contribution in [3.05, 3.63) is 59.9 Å². The average molecular weight is 320 g/mol. The maximum atomic E-state index is 11.5. The minimum absolute atomic E-state index is 0.166. The lowest BCUT2D eigenvalue weighted by atomic mass is 10.1. The highest BCUT2D eigenvalue weighted by Crippen LogP contribution is 2.18. The van der Waals surface area contributed by atoms with E-state index >= 15 is 0 Å². The molecule has 1 heterocycles. The van der Waals surface area contributed by atoms with Crippen molar-refractivity contribution in [3.8, 4) is 0 Å². The van der Waals surface area contributed by atoms with E-state index in [-0.39, 0.29) is 18.9 Å². The van der Waals surface area contributed by atoms with Crippen LogP contribution in [0.5, 0.6) is 0 Å². The Morgan fingerprint density at radius 2 is 2.09 bits per heavy atom. The molecular formula is C15H16N2O4S. The number of ether oxygens (including phenoxy) is 1. The van der Waals surface area contributed by atoms with Gasteiger partial charge in [-0.15, -0.1) is 0 Å². The third-order valence-corrected chi connectivity index (χ3v) is 3.73. The second kappa shape index (κ2) is 7.67. The van der Waals surface area contributed by atoms with E-state index in [0.29, 0.717) is 5.69 Å². The molecule has 0 amide bonds. The Kier molecular flexibility index (Phi) is 5.62. The number of pyridine rings is 1. The highest BCUT2D eigenvalue weighted by atomic mass is 32.2. The highest BCUT2D eigenvalue weighted by Gasteiger charge is 2.13. The quantitative estimate of drug-likeness (QED) is 0.650. The third-order valence-electron chi connectivity index (χ3n) is 3.02. The number of rotatable bonds is 6. The number of methoxy groups -OCH3 is 1. The molecular weight excluding hydrogens is 304 g/mol. The van der Waals surface area contributed by atoms with Crippen LogP contribution in [0.25, 0.3) is 0 Å². The van der Waals surface area contributed by atoms with E-state index in [1.807, 2.05) is 18.2 Å². The molecule has 1 N–H and O–H groups in total. The molecule has 6 nitrogen and oxygen atoms in total. The summed E-state index contributed by atoms with van der Waals surface area (Å²) in [7, 11) is 1.34. The molecule has 1 atom stereocenters. The largest absolute Gasteiger partial charge is 0.469 e. The molecule has 0 aliphatic heterocycles. The van der Waals surface area contributed by atoms with Gasteiger partial charge in [-0.1, -0.05) is 24.3 Å². The summed E-state index contributed by atoms with van der Waals surface area (Å²) in [6, 6.07) is 10.7. The molecule has 0 fully saturated rings. The number of benzene rings is 1.